The lowest BCUT2D eigenvalue weighted by Crippen LogP contribution is -2.37. The lowest BCUT2D eigenvalue weighted by Gasteiger charge is -2.21. The molecule has 104 valence electrons. The molecule has 1 amide bonds. The smallest absolute Gasteiger partial charge is 0.247 e. The molecule has 0 radical (unpaired) electrons. The van der Waals surface area contributed by atoms with Crippen LogP contribution in [-0.4, -0.2) is 47.7 Å². The molecule has 0 aliphatic carbocycles. The fraction of sp³-hybridized carbons (Fsp3) is 0.786. The lowest BCUT2D eigenvalue weighted by atomic mass is 9.97. The van der Waals surface area contributed by atoms with Gasteiger partial charge < -0.3 is 10.4 Å². The number of nitrogens with zero attached hydrogens (tertiary/aromatic N) is 1. The van der Waals surface area contributed by atoms with E-state index in [1.165, 1.54) is 0 Å². The van der Waals surface area contributed by atoms with Crippen molar-refractivity contribution in [2.24, 2.45) is 5.41 Å². The number of β-amino-alcohol motifs (C(OH)–C–C–N with tert-alkyl or cyclic N) is 1. The van der Waals surface area contributed by atoms with Crippen molar-refractivity contribution in [1.82, 2.24) is 10.2 Å². The van der Waals surface area contributed by atoms with Crippen LogP contribution in [-0.2, 0) is 4.79 Å². The van der Waals surface area contributed by atoms with Crippen molar-refractivity contribution in [3.63, 3.8) is 0 Å². The van der Waals surface area contributed by atoms with Gasteiger partial charge in [-0.05, 0) is 18.8 Å². The number of nitrogens with one attached hydrogen (secondary N) is 1. The molecule has 1 atom stereocenters. The molecule has 1 fully saturated rings. The summed E-state index contributed by atoms with van der Waals surface area (Å²) >= 11 is 0. The molecule has 1 aliphatic rings. The van der Waals surface area contributed by atoms with Crippen molar-refractivity contribution in [2.75, 3.05) is 26.2 Å². The van der Waals surface area contributed by atoms with E-state index in [1.807, 2.05) is 6.92 Å². The third kappa shape index (κ3) is 5.19. The highest BCUT2D eigenvalue weighted by Gasteiger charge is 2.31. The summed E-state index contributed by atoms with van der Waals surface area (Å²) < 4.78 is 0. The largest absolute Gasteiger partial charge is 0.389 e. The zero-order chi connectivity index (χ0) is 14.0. The van der Waals surface area contributed by atoms with Crippen LogP contribution in [0.3, 0.4) is 0 Å². The summed E-state index contributed by atoms with van der Waals surface area (Å²) in [5.41, 5.74) is 0.0204. The standard InChI is InChI=1S/C14H26N2O2/c1-11(12(17)15-9-13(2,3)4)8-16-7-6-14(5,18)10-16/h18H,1,6-10H2,2-5H3,(H,15,17). The molecule has 1 aliphatic heterocycles. The summed E-state index contributed by atoms with van der Waals surface area (Å²) in [6, 6.07) is 0. The van der Waals surface area contributed by atoms with Gasteiger partial charge in [0.2, 0.25) is 5.91 Å². The van der Waals surface area contributed by atoms with Crippen LogP contribution in [0.25, 0.3) is 0 Å². The minimum absolute atomic E-state index is 0.0766. The quantitative estimate of drug-likeness (QED) is 0.740. The van der Waals surface area contributed by atoms with Gasteiger partial charge in [0.25, 0.3) is 0 Å². The van der Waals surface area contributed by atoms with Crippen LogP contribution in [0, 0.1) is 5.41 Å². The Balaban J connectivity index is 2.35. The number of hydrogen-bond donors (Lipinski definition) is 2. The van der Waals surface area contributed by atoms with Gasteiger partial charge in [0.1, 0.15) is 0 Å². The van der Waals surface area contributed by atoms with Gasteiger partial charge in [-0.1, -0.05) is 27.4 Å². The monoisotopic (exact) mass is 254 g/mol. The third-order valence-electron chi connectivity index (χ3n) is 3.05. The fourth-order valence-corrected chi connectivity index (χ4v) is 1.99. The van der Waals surface area contributed by atoms with Crippen molar-refractivity contribution >= 4 is 5.91 Å². The van der Waals surface area contributed by atoms with Gasteiger partial charge in [-0.3, -0.25) is 9.69 Å². The van der Waals surface area contributed by atoms with Crippen LogP contribution >= 0.6 is 0 Å². The summed E-state index contributed by atoms with van der Waals surface area (Å²) in [4.78, 5) is 13.9. The Kier molecular flexibility index (Phi) is 4.56. The van der Waals surface area contributed by atoms with E-state index >= 15 is 0 Å². The van der Waals surface area contributed by atoms with Crippen molar-refractivity contribution in [3.05, 3.63) is 12.2 Å². The van der Waals surface area contributed by atoms with Gasteiger partial charge >= 0.3 is 0 Å². The van der Waals surface area contributed by atoms with Crippen molar-refractivity contribution in [3.8, 4) is 0 Å². The summed E-state index contributed by atoms with van der Waals surface area (Å²) in [6.07, 6.45) is 0.754. The topological polar surface area (TPSA) is 52.6 Å². The van der Waals surface area contributed by atoms with E-state index in [1.54, 1.807) is 0 Å². The molecule has 0 bridgehead atoms. The van der Waals surface area contributed by atoms with Crippen molar-refractivity contribution in [1.29, 1.82) is 0 Å². The second-order valence-corrected chi connectivity index (χ2v) is 6.80. The van der Waals surface area contributed by atoms with E-state index in [4.69, 9.17) is 0 Å². The first kappa shape index (κ1) is 15.2. The molecule has 1 saturated heterocycles. The Hall–Kier alpha value is -0.870. The molecule has 0 aromatic heterocycles. The third-order valence-corrected chi connectivity index (χ3v) is 3.05. The van der Waals surface area contributed by atoms with E-state index in [9.17, 15) is 9.90 Å². The van der Waals surface area contributed by atoms with Gasteiger partial charge in [-0.25, -0.2) is 0 Å². The maximum absolute atomic E-state index is 11.8. The van der Waals surface area contributed by atoms with E-state index in [-0.39, 0.29) is 11.3 Å². The first-order valence-electron chi connectivity index (χ1n) is 6.50. The fourth-order valence-electron chi connectivity index (χ4n) is 1.99. The second kappa shape index (κ2) is 5.41. The molecular weight excluding hydrogens is 228 g/mol. The number of carbonyl (C=O) groups excluding carboxylic acids is 1. The number of amides is 1. The molecule has 2 N–H and O–H groups in total. The molecule has 0 spiro atoms. The minimum atomic E-state index is -0.623. The number of hydrogen-bond acceptors (Lipinski definition) is 3. The van der Waals surface area contributed by atoms with E-state index in [0.717, 1.165) is 13.0 Å². The molecule has 0 saturated carbocycles. The van der Waals surface area contributed by atoms with Crippen LogP contribution in [0.1, 0.15) is 34.1 Å². The maximum atomic E-state index is 11.8. The molecule has 4 nitrogen and oxygen atoms in total. The van der Waals surface area contributed by atoms with Crippen LogP contribution < -0.4 is 5.32 Å². The maximum Gasteiger partial charge on any atom is 0.247 e. The van der Waals surface area contributed by atoms with Crippen LogP contribution in [0.2, 0.25) is 0 Å². The molecule has 1 unspecified atom stereocenters. The number of rotatable bonds is 4. The highest BCUT2D eigenvalue weighted by atomic mass is 16.3. The van der Waals surface area contributed by atoms with Gasteiger partial charge in [0, 0.05) is 31.8 Å². The Morgan fingerprint density at radius 2 is 2.11 bits per heavy atom. The average molecular weight is 254 g/mol. The number of likely N-dealkylation sites (tertiary alicyclic amines) is 1. The average Bonchev–Trinajstić information content (AvgIpc) is 2.53. The van der Waals surface area contributed by atoms with Crippen molar-refractivity contribution in [2.45, 2.75) is 39.7 Å². The minimum Gasteiger partial charge on any atom is -0.389 e. The molecule has 4 heteroatoms. The first-order chi connectivity index (χ1) is 8.09. The van der Waals surface area contributed by atoms with Gasteiger partial charge in [-0.2, -0.15) is 0 Å². The summed E-state index contributed by atoms with van der Waals surface area (Å²) in [5, 5.41) is 12.7. The number of carbonyl (C=O) groups is 1. The molecule has 1 heterocycles. The summed E-state index contributed by atoms with van der Waals surface area (Å²) in [7, 11) is 0. The highest BCUT2D eigenvalue weighted by molar-refractivity contribution is 5.93. The van der Waals surface area contributed by atoms with Gasteiger partial charge in [-0.15, -0.1) is 0 Å². The van der Waals surface area contributed by atoms with Crippen molar-refractivity contribution < 1.29 is 9.90 Å². The zero-order valence-corrected chi connectivity index (χ0v) is 12.0. The highest BCUT2D eigenvalue weighted by Crippen LogP contribution is 2.20. The van der Waals surface area contributed by atoms with Crippen LogP contribution in [0.4, 0.5) is 0 Å². The zero-order valence-electron chi connectivity index (χ0n) is 12.0. The molecule has 1 rings (SSSR count). The predicted molar refractivity (Wildman–Crippen MR) is 73.3 cm³/mol. The van der Waals surface area contributed by atoms with Crippen LogP contribution in [0.15, 0.2) is 12.2 Å². The molecular formula is C14H26N2O2. The molecule has 0 aromatic rings. The molecule has 18 heavy (non-hydrogen) atoms. The Morgan fingerprint density at radius 1 is 1.50 bits per heavy atom. The Morgan fingerprint density at radius 3 is 2.56 bits per heavy atom. The summed E-state index contributed by atoms with van der Waals surface area (Å²) in [5.74, 6) is -0.0866. The normalized spacial score (nSPS) is 25.2. The SMILES string of the molecule is C=C(CN1CCC(C)(O)C1)C(=O)NCC(C)(C)C. The first-order valence-corrected chi connectivity index (χ1v) is 6.50. The lowest BCUT2D eigenvalue weighted by molar-refractivity contribution is -0.118. The second-order valence-electron chi connectivity index (χ2n) is 6.80. The van der Waals surface area contributed by atoms with E-state index < -0.39 is 5.60 Å². The summed E-state index contributed by atoms with van der Waals surface area (Å²) in [6.45, 7) is 14.5. The van der Waals surface area contributed by atoms with Gasteiger partial charge in [0.05, 0.1) is 5.60 Å². The van der Waals surface area contributed by atoms with E-state index in [2.05, 4.69) is 37.6 Å². The van der Waals surface area contributed by atoms with Crippen LogP contribution in [0.5, 0.6) is 0 Å². The molecule has 0 aromatic carbocycles. The number of aliphatic hydroxyl groups is 1. The predicted octanol–water partition coefficient (Wildman–Crippen LogP) is 1.16. The Bertz CT molecular complexity index is 329. The Labute approximate surface area is 110 Å². The van der Waals surface area contributed by atoms with Gasteiger partial charge in [0.15, 0.2) is 0 Å². The van der Waals surface area contributed by atoms with E-state index in [0.29, 0.717) is 25.2 Å².